The Balaban J connectivity index is 2.63. The summed E-state index contributed by atoms with van der Waals surface area (Å²) in [5.74, 6) is -2.70. The zero-order chi connectivity index (χ0) is 15.8. The number of carboxylic acids is 1. The molecule has 1 unspecified atom stereocenters. The van der Waals surface area contributed by atoms with Crippen molar-refractivity contribution in [2.45, 2.75) is 19.1 Å². The molecule has 112 valence electrons. The summed E-state index contributed by atoms with van der Waals surface area (Å²) in [6.45, 7) is 1.31. The highest BCUT2D eigenvalue weighted by Crippen LogP contribution is 2.31. The fourth-order valence-corrected chi connectivity index (χ4v) is 1.97. The van der Waals surface area contributed by atoms with Crippen LogP contribution in [0.2, 0.25) is 0 Å². The van der Waals surface area contributed by atoms with Gasteiger partial charge in [-0.05, 0) is 25.1 Å². The summed E-state index contributed by atoms with van der Waals surface area (Å²) < 4.78 is 39.0. The molecule has 0 amide bonds. The van der Waals surface area contributed by atoms with Crippen LogP contribution in [0.1, 0.15) is 12.7 Å². The quantitative estimate of drug-likeness (QED) is 0.874. The second kappa shape index (κ2) is 5.47. The standard InChI is InChI=1S/C12H9BrF3N3O2/c1-5(10(20)21)17-9-7-4-6(13)2-3-8(7)18-11(19-9)12(14,15)16/h2-5H,1H3,(H,20,21)(H,17,18,19). The lowest BCUT2D eigenvalue weighted by atomic mass is 10.2. The Bertz CT molecular complexity index is 706. The number of benzene rings is 1. The van der Waals surface area contributed by atoms with Gasteiger partial charge in [-0.25, -0.2) is 9.97 Å². The number of rotatable bonds is 3. The number of anilines is 1. The minimum atomic E-state index is -4.72. The molecule has 1 aromatic carbocycles. The van der Waals surface area contributed by atoms with E-state index in [4.69, 9.17) is 5.11 Å². The van der Waals surface area contributed by atoms with Crippen molar-refractivity contribution in [2.24, 2.45) is 0 Å². The molecular weight excluding hydrogens is 355 g/mol. The zero-order valence-electron chi connectivity index (χ0n) is 10.6. The van der Waals surface area contributed by atoms with Crippen LogP contribution in [0, 0.1) is 0 Å². The first-order valence-corrected chi connectivity index (χ1v) is 6.51. The molecule has 0 aliphatic rings. The number of fused-ring (bicyclic) bond motifs is 1. The topological polar surface area (TPSA) is 75.1 Å². The Morgan fingerprint density at radius 1 is 1.38 bits per heavy atom. The minimum absolute atomic E-state index is 0.0700. The average molecular weight is 364 g/mol. The molecule has 21 heavy (non-hydrogen) atoms. The minimum Gasteiger partial charge on any atom is -0.480 e. The summed E-state index contributed by atoms with van der Waals surface area (Å²) >= 11 is 3.20. The van der Waals surface area contributed by atoms with E-state index in [1.165, 1.54) is 19.1 Å². The van der Waals surface area contributed by atoms with Gasteiger partial charge in [-0.15, -0.1) is 0 Å². The van der Waals surface area contributed by atoms with E-state index >= 15 is 0 Å². The van der Waals surface area contributed by atoms with Crippen LogP contribution in [-0.4, -0.2) is 27.1 Å². The Hall–Kier alpha value is -1.90. The van der Waals surface area contributed by atoms with Crippen LogP contribution in [-0.2, 0) is 11.0 Å². The molecule has 0 fully saturated rings. The van der Waals surface area contributed by atoms with Crippen LogP contribution < -0.4 is 5.32 Å². The molecule has 2 N–H and O–H groups in total. The van der Waals surface area contributed by atoms with Gasteiger partial charge in [-0.2, -0.15) is 13.2 Å². The van der Waals surface area contributed by atoms with Crippen molar-refractivity contribution in [3.63, 3.8) is 0 Å². The third kappa shape index (κ3) is 3.41. The highest BCUT2D eigenvalue weighted by atomic mass is 79.9. The van der Waals surface area contributed by atoms with Crippen molar-refractivity contribution in [3.05, 3.63) is 28.5 Å². The molecule has 0 saturated carbocycles. The van der Waals surface area contributed by atoms with E-state index in [1.54, 1.807) is 6.07 Å². The number of carboxylic acid groups (broad SMARTS) is 1. The Kier molecular flexibility index (Phi) is 4.04. The van der Waals surface area contributed by atoms with Crippen LogP contribution in [0.25, 0.3) is 10.9 Å². The molecule has 2 rings (SSSR count). The first-order chi connectivity index (χ1) is 9.68. The highest BCUT2D eigenvalue weighted by molar-refractivity contribution is 9.10. The number of carbonyl (C=O) groups is 1. The number of hydrogen-bond donors (Lipinski definition) is 2. The summed E-state index contributed by atoms with van der Waals surface area (Å²) in [5.41, 5.74) is 0.0700. The molecule has 1 atom stereocenters. The molecule has 2 aromatic rings. The lowest BCUT2D eigenvalue weighted by molar-refractivity contribution is -0.144. The predicted molar refractivity (Wildman–Crippen MR) is 73.0 cm³/mol. The number of alkyl halides is 3. The van der Waals surface area contributed by atoms with Crippen LogP contribution in [0.3, 0.4) is 0 Å². The van der Waals surface area contributed by atoms with E-state index in [1.807, 2.05) is 0 Å². The monoisotopic (exact) mass is 363 g/mol. The fraction of sp³-hybridized carbons (Fsp3) is 0.250. The molecule has 0 aliphatic heterocycles. The summed E-state index contributed by atoms with van der Waals surface area (Å²) in [6, 6.07) is 3.36. The van der Waals surface area contributed by atoms with Crippen LogP contribution >= 0.6 is 15.9 Å². The molecule has 0 aliphatic carbocycles. The summed E-state index contributed by atoms with van der Waals surface area (Å²) in [5, 5.41) is 11.6. The van der Waals surface area contributed by atoms with Crippen LogP contribution in [0.5, 0.6) is 0 Å². The highest BCUT2D eigenvalue weighted by Gasteiger charge is 2.35. The van der Waals surface area contributed by atoms with Gasteiger partial charge in [0, 0.05) is 9.86 Å². The van der Waals surface area contributed by atoms with E-state index in [9.17, 15) is 18.0 Å². The number of aromatic nitrogens is 2. The normalized spacial score (nSPS) is 13.2. The number of hydrogen-bond acceptors (Lipinski definition) is 4. The third-order valence-electron chi connectivity index (χ3n) is 2.63. The number of nitrogens with one attached hydrogen (secondary N) is 1. The summed E-state index contributed by atoms with van der Waals surface area (Å²) in [6.07, 6.45) is -4.72. The number of halogens is 4. The Labute approximate surface area is 125 Å². The maximum atomic E-state index is 12.8. The molecule has 0 saturated heterocycles. The maximum absolute atomic E-state index is 12.8. The van der Waals surface area contributed by atoms with Crippen molar-refractivity contribution < 1.29 is 23.1 Å². The fourth-order valence-electron chi connectivity index (χ4n) is 1.60. The van der Waals surface area contributed by atoms with Gasteiger partial charge < -0.3 is 10.4 Å². The lowest BCUT2D eigenvalue weighted by Gasteiger charge is -2.14. The van der Waals surface area contributed by atoms with Crippen LogP contribution in [0.15, 0.2) is 22.7 Å². The molecule has 1 aromatic heterocycles. The molecule has 1 heterocycles. The second-order valence-electron chi connectivity index (χ2n) is 4.26. The van der Waals surface area contributed by atoms with E-state index in [2.05, 4.69) is 31.2 Å². The largest absolute Gasteiger partial charge is 0.480 e. The predicted octanol–water partition coefficient (Wildman–Crippen LogP) is 3.30. The van der Waals surface area contributed by atoms with Crippen molar-refractivity contribution >= 4 is 38.6 Å². The van der Waals surface area contributed by atoms with Crippen molar-refractivity contribution in [1.29, 1.82) is 0 Å². The van der Waals surface area contributed by atoms with Gasteiger partial charge in [0.25, 0.3) is 0 Å². The van der Waals surface area contributed by atoms with Crippen LogP contribution in [0.4, 0.5) is 19.0 Å². The van der Waals surface area contributed by atoms with E-state index in [-0.39, 0.29) is 11.3 Å². The van der Waals surface area contributed by atoms with Gasteiger partial charge in [0.1, 0.15) is 11.9 Å². The van der Waals surface area contributed by atoms with Crippen molar-refractivity contribution in [1.82, 2.24) is 9.97 Å². The van der Waals surface area contributed by atoms with Crippen molar-refractivity contribution in [3.8, 4) is 0 Å². The average Bonchev–Trinajstić information content (AvgIpc) is 2.37. The van der Waals surface area contributed by atoms with E-state index < -0.39 is 24.0 Å². The van der Waals surface area contributed by atoms with Gasteiger partial charge in [-0.3, -0.25) is 4.79 Å². The van der Waals surface area contributed by atoms with E-state index in [0.29, 0.717) is 9.86 Å². The first kappa shape index (κ1) is 15.5. The molecule has 0 spiro atoms. The van der Waals surface area contributed by atoms with Crippen molar-refractivity contribution in [2.75, 3.05) is 5.32 Å². The number of aliphatic carboxylic acids is 1. The second-order valence-corrected chi connectivity index (χ2v) is 5.17. The molecule has 9 heteroatoms. The molecule has 0 bridgehead atoms. The van der Waals surface area contributed by atoms with E-state index in [0.717, 1.165) is 0 Å². The van der Waals surface area contributed by atoms with Gasteiger partial charge in [0.15, 0.2) is 0 Å². The third-order valence-corrected chi connectivity index (χ3v) is 3.13. The SMILES string of the molecule is CC(Nc1nc(C(F)(F)F)nc2ccc(Br)cc12)C(=O)O. The zero-order valence-corrected chi connectivity index (χ0v) is 12.2. The Morgan fingerprint density at radius 3 is 2.62 bits per heavy atom. The van der Waals surface area contributed by atoms with Gasteiger partial charge in [0.2, 0.25) is 5.82 Å². The molecule has 5 nitrogen and oxygen atoms in total. The Morgan fingerprint density at radius 2 is 2.05 bits per heavy atom. The van der Waals surface area contributed by atoms with Gasteiger partial charge in [-0.1, -0.05) is 15.9 Å². The van der Waals surface area contributed by atoms with Gasteiger partial charge >= 0.3 is 12.1 Å². The number of nitrogens with zero attached hydrogens (tertiary/aromatic N) is 2. The first-order valence-electron chi connectivity index (χ1n) is 5.72. The summed E-state index contributed by atoms with van der Waals surface area (Å²) in [4.78, 5) is 17.7. The molecule has 0 radical (unpaired) electrons. The van der Waals surface area contributed by atoms with Gasteiger partial charge in [0.05, 0.1) is 5.52 Å². The molecular formula is C12H9BrF3N3O2. The smallest absolute Gasteiger partial charge is 0.451 e. The lowest BCUT2D eigenvalue weighted by Crippen LogP contribution is -2.26. The summed E-state index contributed by atoms with van der Waals surface area (Å²) in [7, 11) is 0. The maximum Gasteiger partial charge on any atom is 0.451 e.